The molecule has 112 valence electrons. The van der Waals surface area contributed by atoms with Gasteiger partial charge in [-0.1, -0.05) is 12.5 Å². The molecule has 0 saturated heterocycles. The van der Waals surface area contributed by atoms with Gasteiger partial charge in [0.05, 0.1) is 18.2 Å². The van der Waals surface area contributed by atoms with Gasteiger partial charge in [-0.15, -0.1) is 0 Å². The SMILES string of the molecule is N#Cc1cccc(NC(=O)CCN(CCO)C2CCC2)c1. The maximum atomic E-state index is 12.0. The second-order valence-corrected chi connectivity index (χ2v) is 5.34. The molecule has 0 aromatic heterocycles. The maximum absolute atomic E-state index is 12.0. The van der Waals surface area contributed by atoms with Crippen LogP contribution in [0.2, 0.25) is 0 Å². The highest BCUT2D eigenvalue weighted by molar-refractivity contribution is 5.90. The number of carbonyl (C=O) groups excluding carboxylic acids is 1. The van der Waals surface area contributed by atoms with E-state index in [9.17, 15) is 4.79 Å². The summed E-state index contributed by atoms with van der Waals surface area (Å²) in [5, 5.41) is 20.7. The lowest BCUT2D eigenvalue weighted by atomic mass is 9.91. The van der Waals surface area contributed by atoms with E-state index in [0.29, 0.717) is 36.8 Å². The fourth-order valence-corrected chi connectivity index (χ4v) is 2.49. The molecular formula is C16H21N3O2. The Bertz CT molecular complexity index is 520. The molecule has 1 aliphatic carbocycles. The van der Waals surface area contributed by atoms with Crippen LogP contribution in [0.25, 0.3) is 0 Å². The third-order valence-electron chi connectivity index (χ3n) is 3.88. The quantitative estimate of drug-likeness (QED) is 0.801. The van der Waals surface area contributed by atoms with Gasteiger partial charge in [-0.2, -0.15) is 5.26 Å². The monoisotopic (exact) mass is 287 g/mol. The Morgan fingerprint density at radius 3 is 2.86 bits per heavy atom. The Balaban J connectivity index is 1.81. The molecule has 0 bridgehead atoms. The van der Waals surface area contributed by atoms with E-state index in [0.717, 1.165) is 12.8 Å². The second kappa shape index (κ2) is 7.77. The molecule has 1 saturated carbocycles. The van der Waals surface area contributed by atoms with Gasteiger partial charge in [0.2, 0.25) is 5.91 Å². The number of hydrogen-bond acceptors (Lipinski definition) is 4. The molecular weight excluding hydrogens is 266 g/mol. The van der Waals surface area contributed by atoms with Crippen LogP contribution < -0.4 is 5.32 Å². The van der Waals surface area contributed by atoms with Crippen LogP contribution in [-0.4, -0.2) is 41.7 Å². The first kappa shape index (κ1) is 15.5. The number of nitriles is 1. The normalized spacial score (nSPS) is 14.5. The van der Waals surface area contributed by atoms with Crippen molar-refractivity contribution in [2.45, 2.75) is 31.7 Å². The third kappa shape index (κ3) is 4.55. The van der Waals surface area contributed by atoms with Crippen LogP contribution in [-0.2, 0) is 4.79 Å². The number of hydrogen-bond donors (Lipinski definition) is 2. The number of anilines is 1. The lowest BCUT2D eigenvalue weighted by molar-refractivity contribution is -0.116. The highest BCUT2D eigenvalue weighted by atomic mass is 16.3. The molecule has 0 heterocycles. The van der Waals surface area contributed by atoms with Crippen molar-refractivity contribution in [3.63, 3.8) is 0 Å². The third-order valence-corrected chi connectivity index (χ3v) is 3.88. The van der Waals surface area contributed by atoms with E-state index >= 15 is 0 Å². The molecule has 0 atom stereocenters. The Labute approximate surface area is 125 Å². The van der Waals surface area contributed by atoms with E-state index in [2.05, 4.69) is 16.3 Å². The highest BCUT2D eigenvalue weighted by Crippen LogP contribution is 2.24. The molecule has 0 unspecified atom stereocenters. The van der Waals surface area contributed by atoms with Crippen molar-refractivity contribution in [2.75, 3.05) is 25.0 Å². The highest BCUT2D eigenvalue weighted by Gasteiger charge is 2.24. The number of rotatable bonds is 7. The zero-order valence-electron chi connectivity index (χ0n) is 12.1. The Hall–Kier alpha value is -1.90. The summed E-state index contributed by atoms with van der Waals surface area (Å²) >= 11 is 0. The van der Waals surface area contributed by atoms with Crippen LogP contribution in [0, 0.1) is 11.3 Å². The van der Waals surface area contributed by atoms with Gasteiger partial charge < -0.3 is 10.4 Å². The van der Waals surface area contributed by atoms with Crippen molar-refractivity contribution in [2.24, 2.45) is 0 Å². The number of carbonyl (C=O) groups is 1. The van der Waals surface area contributed by atoms with E-state index in [-0.39, 0.29) is 12.5 Å². The van der Waals surface area contributed by atoms with E-state index in [1.165, 1.54) is 6.42 Å². The van der Waals surface area contributed by atoms with E-state index in [1.54, 1.807) is 24.3 Å². The fraction of sp³-hybridized carbons (Fsp3) is 0.500. The largest absolute Gasteiger partial charge is 0.395 e. The molecule has 1 aliphatic rings. The second-order valence-electron chi connectivity index (χ2n) is 5.34. The van der Waals surface area contributed by atoms with E-state index in [1.807, 2.05) is 0 Å². The standard InChI is InChI=1S/C16H21N3O2/c17-12-13-3-1-4-14(11-13)18-16(21)7-8-19(9-10-20)15-5-2-6-15/h1,3-4,11,15,20H,2,5-10H2,(H,18,21). The minimum Gasteiger partial charge on any atom is -0.395 e. The first-order chi connectivity index (χ1) is 10.2. The number of aliphatic hydroxyl groups excluding tert-OH is 1. The van der Waals surface area contributed by atoms with Gasteiger partial charge in [0.1, 0.15) is 0 Å². The van der Waals surface area contributed by atoms with E-state index < -0.39 is 0 Å². The van der Waals surface area contributed by atoms with Crippen molar-refractivity contribution in [3.05, 3.63) is 29.8 Å². The number of nitrogens with zero attached hydrogens (tertiary/aromatic N) is 2. The summed E-state index contributed by atoms with van der Waals surface area (Å²) in [6, 6.07) is 9.46. The summed E-state index contributed by atoms with van der Waals surface area (Å²) in [4.78, 5) is 14.2. The van der Waals surface area contributed by atoms with Gasteiger partial charge in [0.25, 0.3) is 0 Å². The van der Waals surface area contributed by atoms with Crippen molar-refractivity contribution in [1.29, 1.82) is 5.26 Å². The van der Waals surface area contributed by atoms with Crippen LogP contribution >= 0.6 is 0 Å². The minimum absolute atomic E-state index is 0.0626. The topological polar surface area (TPSA) is 76.4 Å². The molecule has 1 aromatic rings. The Morgan fingerprint density at radius 2 is 2.24 bits per heavy atom. The van der Waals surface area contributed by atoms with Gasteiger partial charge in [0, 0.05) is 31.2 Å². The average Bonchev–Trinajstić information content (AvgIpc) is 2.43. The van der Waals surface area contributed by atoms with Crippen LogP contribution in [0.5, 0.6) is 0 Å². The number of aliphatic hydroxyl groups is 1. The molecule has 0 aliphatic heterocycles. The average molecular weight is 287 g/mol. The number of nitrogens with one attached hydrogen (secondary N) is 1. The van der Waals surface area contributed by atoms with Crippen molar-refractivity contribution >= 4 is 11.6 Å². The van der Waals surface area contributed by atoms with E-state index in [4.69, 9.17) is 10.4 Å². The molecule has 5 nitrogen and oxygen atoms in total. The van der Waals surface area contributed by atoms with Crippen LogP contribution in [0.15, 0.2) is 24.3 Å². The molecule has 21 heavy (non-hydrogen) atoms. The molecule has 0 spiro atoms. The molecule has 1 fully saturated rings. The first-order valence-electron chi connectivity index (χ1n) is 7.38. The summed E-state index contributed by atoms with van der Waals surface area (Å²) in [5.74, 6) is -0.0626. The van der Waals surface area contributed by atoms with Crippen molar-refractivity contribution < 1.29 is 9.90 Å². The zero-order valence-corrected chi connectivity index (χ0v) is 12.1. The summed E-state index contributed by atoms with van der Waals surface area (Å²) < 4.78 is 0. The number of benzene rings is 1. The Morgan fingerprint density at radius 1 is 1.43 bits per heavy atom. The smallest absolute Gasteiger partial charge is 0.225 e. The molecule has 2 rings (SSSR count). The van der Waals surface area contributed by atoms with Crippen LogP contribution in [0.1, 0.15) is 31.2 Å². The lowest BCUT2D eigenvalue weighted by Gasteiger charge is -2.37. The van der Waals surface area contributed by atoms with Crippen LogP contribution in [0.3, 0.4) is 0 Å². The molecule has 1 aromatic carbocycles. The summed E-state index contributed by atoms with van der Waals surface area (Å²) in [6.07, 6.45) is 3.95. The van der Waals surface area contributed by atoms with Gasteiger partial charge in [-0.05, 0) is 31.0 Å². The predicted molar refractivity (Wildman–Crippen MR) is 80.7 cm³/mol. The minimum atomic E-state index is -0.0626. The predicted octanol–water partition coefficient (Wildman–Crippen LogP) is 1.73. The first-order valence-corrected chi connectivity index (χ1v) is 7.38. The Kier molecular flexibility index (Phi) is 5.73. The summed E-state index contributed by atoms with van der Waals surface area (Å²) in [5.41, 5.74) is 1.18. The summed E-state index contributed by atoms with van der Waals surface area (Å²) in [6.45, 7) is 1.42. The molecule has 2 N–H and O–H groups in total. The van der Waals surface area contributed by atoms with Gasteiger partial charge in [-0.25, -0.2) is 0 Å². The molecule has 0 radical (unpaired) electrons. The van der Waals surface area contributed by atoms with Gasteiger partial charge >= 0.3 is 0 Å². The van der Waals surface area contributed by atoms with Crippen LogP contribution in [0.4, 0.5) is 5.69 Å². The van der Waals surface area contributed by atoms with Crippen molar-refractivity contribution in [1.82, 2.24) is 4.90 Å². The van der Waals surface area contributed by atoms with Gasteiger partial charge in [-0.3, -0.25) is 9.69 Å². The zero-order chi connectivity index (χ0) is 15.1. The molecule has 1 amide bonds. The maximum Gasteiger partial charge on any atom is 0.225 e. The van der Waals surface area contributed by atoms with Crippen molar-refractivity contribution in [3.8, 4) is 6.07 Å². The lowest BCUT2D eigenvalue weighted by Crippen LogP contribution is -2.43. The fourth-order valence-electron chi connectivity index (χ4n) is 2.49. The number of amides is 1. The summed E-state index contributed by atoms with van der Waals surface area (Å²) in [7, 11) is 0. The molecule has 5 heteroatoms. The van der Waals surface area contributed by atoms with Gasteiger partial charge in [0.15, 0.2) is 0 Å².